The van der Waals surface area contributed by atoms with Gasteiger partial charge in [-0.05, 0) is 60.2 Å². The van der Waals surface area contributed by atoms with Crippen LogP contribution < -0.4 is 15.5 Å². The van der Waals surface area contributed by atoms with Gasteiger partial charge in [0.2, 0.25) is 0 Å². The van der Waals surface area contributed by atoms with Gasteiger partial charge in [-0.25, -0.2) is 10.4 Å². The minimum absolute atomic E-state index is 0.0913. The highest BCUT2D eigenvalue weighted by Gasteiger charge is 2.08. The third-order valence-electron chi connectivity index (χ3n) is 4.67. The van der Waals surface area contributed by atoms with E-state index >= 15 is 0 Å². The third-order valence-corrected chi connectivity index (χ3v) is 5.98. The molecule has 3 aromatic carbocycles. The molecule has 0 atom stereocenters. The van der Waals surface area contributed by atoms with Gasteiger partial charge in [-0.1, -0.05) is 35.3 Å². The van der Waals surface area contributed by atoms with Gasteiger partial charge >= 0.3 is 0 Å². The van der Waals surface area contributed by atoms with Gasteiger partial charge < -0.3 is 10.1 Å². The molecule has 1 aromatic heterocycles. The van der Waals surface area contributed by atoms with E-state index < -0.39 is 0 Å². The normalized spacial score (nSPS) is 10.7. The second-order valence-electron chi connectivity index (χ2n) is 7.08. The van der Waals surface area contributed by atoms with Crippen LogP contribution >= 0.6 is 34.5 Å². The molecule has 0 aliphatic carbocycles. The Hall–Kier alpha value is -3.90. The Morgan fingerprint density at radius 3 is 2.60 bits per heavy atom. The molecule has 0 bridgehead atoms. The molecule has 1 amide bonds. The van der Waals surface area contributed by atoms with Crippen LogP contribution in [0.1, 0.15) is 15.9 Å². The Morgan fingerprint density at radius 1 is 1.11 bits per heavy atom. The van der Waals surface area contributed by atoms with E-state index in [9.17, 15) is 4.79 Å². The Morgan fingerprint density at radius 2 is 1.89 bits per heavy atom. The molecule has 7 nitrogen and oxygen atoms in total. The fourth-order valence-electron chi connectivity index (χ4n) is 2.97. The minimum Gasteiger partial charge on any atom is -0.477 e. The summed E-state index contributed by atoms with van der Waals surface area (Å²) >= 11 is 13.5. The van der Waals surface area contributed by atoms with Gasteiger partial charge in [0.05, 0.1) is 16.9 Å². The van der Waals surface area contributed by atoms with E-state index in [1.54, 1.807) is 30.3 Å². The summed E-state index contributed by atoms with van der Waals surface area (Å²) in [4.78, 5) is 17.0. The van der Waals surface area contributed by atoms with Crippen molar-refractivity contribution in [3.63, 3.8) is 0 Å². The van der Waals surface area contributed by atoms with Crippen LogP contribution in [0.3, 0.4) is 0 Å². The van der Waals surface area contributed by atoms with Crippen molar-refractivity contribution in [2.75, 3.05) is 11.9 Å². The van der Waals surface area contributed by atoms with E-state index in [0.29, 0.717) is 26.9 Å². The summed E-state index contributed by atoms with van der Waals surface area (Å²) in [5, 5.41) is 19.5. The van der Waals surface area contributed by atoms with Crippen LogP contribution in [-0.4, -0.2) is 23.7 Å². The number of anilines is 2. The number of hydrogen-bond acceptors (Lipinski definition) is 7. The van der Waals surface area contributed by atoms with Crippen LogP contribution in [0.5, 0.6) is 5.75 Å². The predicted molar refractivity (Wildman–Crippen MR) is 140 cm³/mol. The Kier molecular flexibility index (Phi) is 7.95. The zero-order valence-electron chi connectivity index (χ0n) is 18.0. The monoisotopic (exact) mass is 521 g/mol. The smallest absolute Gasteiger partial charge is 0.271 e. The van der Waals surface area contributed by atoms with Gasteiger partial charge in [0.1, 0.15) is 11.8 Å². The second kappa shape index (κ2) is 11.5. The van der Waals surface area contributed by atoms with Crippen molar-refractivity contribution in [3.8, 4) is 23.1 Å². The predicted octanol–water partition coefficient (Wildman–Crippen LogP) is 6.53. The molecule has 0 radical (unpaired) electrons. The zero-order chi connectivity index (χ0) is 24.6. The molecule has 2 N–H and O–H groups in total. The number of rotatable bonds is 8. The molecule has 35 heavy (non-hydrogen) atoms. The molecular formula is C25H17Cl2N5O2S. The van der Waals surface area contributed by atoms with Crippen molar-refractivity contribution in [2.45, 2.75) is 0 Å². The number of thiazole rings is 1. The Balaban J connectivity index is 1.34. The molecule has 1 heterocycles. The fourth-order valence-corrected chi connectivity index (χ4v) is 4.08. The first-order valence-corrected chi connectivity index (χ1v) is 11.9. The topological polar surface area (TPSA) is 99.4 Å². The lowest BCUT2D eigenvalue weighted by molar-refractivity contribution is 0.0955. The number of benzene rings is 3. The third kappa shape index (κ3) is 6.58. The van der Waals surface area contributed by atoms with E-state index in [0.717, 1.165) is 22.1 Å². The van der Waals surface area contributed by atoms with Gasteiger partial charge in [-0.3, -0.25) is 4.79 Å². The van der Waals surface area contributed by atoms with E-state index in [2.05, 4.69) is 20.8 Å². The van der Waals surface area contributed by atoms with Gasteiger partial charge in [0.25, 0.3) is 5.91 Å². The van der Waals surface area contributed by atoms with E-state index in [1.165, 1.54) is 17.6 Å². The summed E-state index contributed by atoms with van der Waals surface area (Å²) in [6.45, 7) is -0.0913. The van der Waals surface area contributed by atoms with Crippen molar-refractivity contribution >= 4 is 57.5 Å². The summed E-state index contributed by atoms with van der Waals surface area (Å²) in [7, 11) is 0. The minimum atomic E-state index is -0.351. The molecule has 0 aliphatic heterocycles. The number of carbonyl (C=O) groups is 1. The maximum Gasteiger partial charge on any atom is 0.271 e. The van der Waals surface area contributed by atoms with Crippen LogP contribution in [0, 0.1) is 11.3 Å². The van der Waals surface area contributed by atoms with Gasteiger partial charge in [-0.2, -0.15) is 10.4 Å². The molecular weight excluding hydrogens is 505 g/mol. The number of hydrogen-bond donors (Lipinski definition) is 2. The average molecular weight is 522 g/mol. The van der Waals surface area contributed by atoms with Crippen LogP contribution in [0.4, 0.5) is 10.8 Å². The zero-order valence-corrected chi connectivity index (χ0v) is 20.4. The first kappa shape index (κ1) is 24.2. The maximum atomic E-state index is 12.4. The summed E-state index contributed by atoms with van der Waals surface area (Å²) < 4.78 is 5.20. The second-order valence-corrected chi connectivity index (χ2v) is 8.78. The highest BCUT2D eigenvalue weighted by Crippen LogP contribution is 2.28. The van der Waals surface area contributed by atoms with E-state index in [1.807, 2.05) is 47.8 Å². The highest BCUT2D eigenvalue weighted by molar-refractivity contribution is 7.14. The largest absolute Gasteiger partial charge is 0.477 e. The Bertz CT molecular complexity index is 1400. The first-order chi connectivity index (χ1) is 17.0. The first-order valence-electron chi connectivity index (χ1n) is 10.2. The number of aromatic nitrogens is 1. The standard InChI is InChI=1S/C25H17Cl2N5O2S/c26-19-6-8-20(9-7-19)30-25-31-22(15-35-25)17-2-4-18(5-3-17)24(33)32-29-14-16-1-10-23(21(27)13-16)34-12-11-28/h1-10,13-15H,12H2,(H,30,31)(H,32,33)/b29-14-. The summed E-state index contributed by atoms with van der Waals surface area (Å²) in [6.07, 6.45) is 1.47. The van der Waals surface area contributed by atoms with Crippen LogP contribution in [0.25, 0.3) is 11.3 Å². The highest BCUT2D eigenvalue weighted by atomic mass is 35.5. The van der Waals surface area contributed by atoms with Crippen molar-refractivity contribution in [1.82, 2.24) is 10.4 Å². The van der Waals surface area contributed by atoms with E-state index in [-0.39, 0.29) is 12.5 Å². The average Bonchev–Trinajstić information content (AvgIpc) is 3.33. The molecule has 0 saturated heterocycles. The van der Waals surface area contributed by atoms with Crippen molar-refractivity contribution in [2.24, 2.45) is 5.10 Å². The number of nitriles is 1. The quantitative estimate of drug-likeness (QED) is 0.203. The lowest BCUT2D eigenvalue weighted by Gasteiger charge is -2.05. The van der Waals surface area contributed by atoms with Crippen molar-refractivity contribution < 1.29 is 9.53 Å². The SMILES string of the molecule is N#CCOc1ccc(/C=N\NC(=O)c2ccc(-c3csc(Nc4ccc(Cl)cc4)n3)cc2)cc1Cl. The van der Waals surface area contributed by atoms with Crippen molar-refractivity contribution in [3.05, 3.63) is 93.3 Å². The molecule has 0 unspecified atom stereocenters. The number of hydrazone groups is 1. The van der Waals surface area contributed by atoms with Crippen LogP contribution in [0.15, 0.2) is 77.2 Å². The van der Waals surface area contributed by atoms with Crippen molar-refractivity contribution in [1.29, 1.82) is 5.26 Å². The molecule has 174 valence electrons. The van der Waals surface area contributed by atoms with E-state index in [4.69, 9.17) is 33.2 Å². The maximum absolute atomic E-state index is 12.4. The molecule has 4 aromatic rings. The number of amides is 1. The summed E-state index contributed by atoms with van der Waals surface area (Å²) in [5.74, 6) is 0.0544. The molecule has 4 rings (SSSR count). The Labute approximate surface area is 215 Å². The number of nitrogens with one attached hydrogen (secondary N) is 2. The van der Waals surface area contributed by atoms with Crippen LogP contribution in [0.2, 0.25) is 10.0 Å². The summed E-state index contributed by atoms with van der Waals surface area (Å²) in [6, 6.07) is 21.3. The molecule has 0 fully saturated rings. The van der Waals surface area contributed by atoms with Gasteiger partial charge in [-0.15, -0.1) is 11.3 Å². The van der Waals surface area contributed by atoms with Gasteiger partial charge in [0, 0.05) is 27.2 Å². The molecule has 0 aliphatic rings. The fraction of sp³-hybridized carbons (Fsp3) is 0.0400. The number of nitrogens with zero attached hydrogens (tertiary/aromatic N) is 3. The number of ether oxygens (including phenoxy) is 1. The molecule has 0 saturated carbocycles. The molecule has 10 heteroatoms. The lowest BCUT2D eigenvalue weighted by Crippen LogP contribution is -2.17. The summed E-state index contributed by atoms with van der Waals surface area (Å²) in [5.41, 5.74) is 6.20. The lowest BCUT2D eigenvalue weighted by atomic mass is 10.1. The number of halogens is 2. The van der Waals surface area contributed by atoms with Crippen LogP contribution in [-0.2, 0) is 0 Å². The van der Waals surface area contributed by atoms with Gasteiger partial charge in [0.15, 0.2) is 11.7 Å². The molecule has 0 spiro atoms. The number of carbonyl (C=O) groups excluding carboxylic acids is 1.